The number of rotatable bonds is 6. The highest BCUT2D eigenvalue weighted by molar-refractivity contribution is 5.85. The van der Waals surface area contributed by atoms with Gasteiger partial charge in [0.2, 0.25) is 0 Å². The Morgan fingerprint density at radius 3 is 2.59 bits per heavy atom. The van der Waals surface area contributed by atoms with Crippen molar-refractivity contribution in [3.05, 3.63) is 56.7 Å². The molecule has 1 aromatic carbocycles. The summed E-state index contributed by atoms with van der Waals surface area (Å²) in [5.74, 6) is -0.538. The number of aromatic nitrogens is 4. The maximum Gasteiger partial charge on any atom is 0.332 e. The van der Waals surface area contributed by atoms with Crippen molar-refractivity contribution in [2.75, 3.05) is 0 Å². The minimum atomic E-state index is -1.02. The van der Waals surface area contributed by atoms with Gasteiger partial charge in [-0.1, -0.05) is 37.6 Å². The maximum atomic E-state index is 12.4. The zero-order valence-electron chi connectivity index (χ0n) is 15.1. The molecule has 0 aliphatic heterocycles. The first-order valence-corrected chi connectivity index (χ1v) is 8.63. The number of benzene rings is 1. The molecule has 0 aliphatic rings. The largest absolute Gasteiger partial charge is 0.478 e. The Morgan fingerprint density at radius 2 is 1.96 bits per heavy atom. The lowest BCUT2D eigenvalue weighted by atomic mass is 10.1. The van der Waals surface area contributed by atoms with Crippen molar-refractivity contribution in [2.45, 2.75) is 26.3 Å². The van der Waals surface area contributed by atoms with Crippen molar-refractivity contribution in [2.24, 2.45) is 7.05 Å². The van der Waals surface area contributed by atoms with Gasteiger partial charge in [-0.2, -0.15) is 0 Å². The van der Waals surface area contributed by atoms with Crippen LogP contribution in [0, 0.1) is 0 Å². The van der Waals surface area contributed by atoms with Crippen LogP contribution in [0.5, 0.6) is 0 Å². The van der Waals surface area contributed by atoms with Crippen LogP contribution in [0.4, 0.5) is 0 Å². The summed E-state index contributed by atoms with van der Waals surface area (Å²) in [4.78, 5) is 43.0. The van der Waals surface area contributed by atoms with Gasteiger partial charge >= 0.3 is 11.7 Å². The van der Waals surface area contributed by atoms with Gasteiger partial charge in [0.05, 0.1) is 0 Å². The van der Waals surface area contributed by atoms with Gasteiger partial charge in [-0.25, -0.2) is 14.6 Å². The molecule has 0 saturated carbocycles. The summed E-state index contributed by atoms with van der Waals surface area (Å²) in [6.45, 7) is 2.53. The quantitative estimate of drug-likeness (QED) is 0.647. The molecule has 2 N–H and O–H groups in total. The number of nitrogens with one attached hydrogen (secondary N) is 1. The molecular weight excluding hydrogens is 348 g/mol. The standard InChI is InChI=1S/C19H20N4O4/c1-3-4-11-23-17-15(18(26)22(2)19(23)27)20-16(21-17)13-8-5-12(6-9-13)7-10-14(24)25/h5-10H,3-4,11H2,1-2H3,(H,20,21)(H,24,25)/b10-7+. The maximum absolute atomic E-state index is 12.4. The van der Waals surface area contributed by atoms with E-state index in [1.807, 2.05) is 6.92 Å². The molecule has 0 spiro atoms. The third-order valence-corrected chi connectivity index (χ3v) is 4.32. The highest BCUT2D eigenvalue weighted by Crippen LogP contribution is 2.19. The summed E-state index contributed by atoms with van der Waals surface area (Å²) in [5.41, 5.74) is 1.29. The lowest BCUT2D eigenvalue weighted by Crippen LogP contribution is -2.38. The fourth-order valence-electron chi connectivity index (χ4n) is 2.81. The summed E-state index contributed by atoms with van der Waals surface area (Å²) in [5, 5.41) is 8.69. The van der Waals surface area contributed by atoms with Gasteiger partial charge in [0.15, 0.2) is 5.52 Å². The van der Waals surface area contributed by atoms with Gasteiger partial charge in [0.1, 0.15) is 11.5 Å². The summed E-state index contributed by atoms with van der Waals surface area (Å²) in [7, 11) is 1.45. The second kappa shape index (κ2) is 7.45. The molecule has 2 heterocycles. The number of carboxylic acid groups (broad SMARTS) is 1. The molecule has 0 bridgehead atoms. The van der Waals surface area contributed by atoms with Gasteiger partial charge in [0.25, 0.3) is 5.56 Å². The topological polar surface area (TPSA) is 110 Å². The van der Waals surface area contributed by atoms with E-state index in [0.717, 1.165) is 34.6 Å². The molecule has 2 aromatic heterocycles. The predicted molar refractivity (Wildman–Crippen MR) is 103 cm³/mol. The van der Waals surface area contributed by atoms with E-state index < -0.39 is 11.5 Å². The predicted octanol–water partition coefficient (Wildman–Crippen LogP) is 1.99. The minimum Gasteiger partial charge on any atom is -0.478 e. The highest BCUT2D eigenvalue weighted by atomic mass is 16.4. The van der Waals surface area contributed by atoms with Crippen molar-refractivity contribution in [1.82, 2.24) is 19.1 Å². The average molecular weight is 368 g/mol. The smallest absolute Gasteiger partial charge is 0.332 e. The van der Waals surface area contributed by atoms with Crippen LogP contribution in [0.2, 0.25) is 0 Å². The number of fused-ring (bicyclic) bond motifs is 1. The number of hydrogen-bond acceptors (Lipinski definition) is 4. The Labute approximate surface area is 154 Å². The van der Waals surface area contributed by atoms with Gasteiger partial charge in [-0.05, 0) is 18.1 Å². The van der Waals surface area contributed by atoms with E-state index in [0.29, 0.717) is 18.0 Å². The molecule has 8 heteroatoms. The zero-order valence-corrected chi connectivity index (χ0v) is 15.1. The molecule has 3 aromatic rings. The summed E-state index contributed by atoms with van der Waals surface area (Å²) < 4.78 is 2.61. The van der Waals surface area contributed by atoms with Crippen molar-refractivity contribution < 1.29 is 9.90 Å². The van der Waals surface area contributed by atoms with Crippen LogP contribution >= 0.6 is 0 Å². The third-order valence-electron chi connectivity index (χ3n) is 4.32. The van der Waals surface area contributed by atoms with Crippen LogP contribution in [0.15, 0.2) is 39.9 Å². The molecule has 140 valence electrons. The van der Waals surface area contributed by atoms with E-state index in [1.165, 1.54) is 13.1 Å². The first-order valence-electron chi connectivity index (χ1n) is 8.63. The fourth-order valence-corrected chi connectivity index (χ4v) is 2.81. The number of aryl methyl sites for hydroxylation is 1. The number of imidazole rings is 1. The molecule has 3 rings (SSSR count). The van der Waals surface area contributed by atoms with E-state index in [4.69, 9.17) is 5.11 Å². The number of aliphatic carboxylic acids is 1. The number of carbonyl (C=O) groups is 1. The number of nitrogens with zero attached hydrogens (tertiary/aromatic N) is 3. The van der Waals surface area contributed by atoms with Crippen LogP contribution < -0.4 is 11.2 Å². The average Bonchev–Trinajstić information content (AvgIpc) is 3.10. The Morgan fingerprint density at radius 1 is 1.26 bits per heavy atom. The molecule has 0 atom stereocenters. The van der Waals surface area contributed by atoms with E-state index in [9.17, 15) is 14.4 Å². The van der Waals surface area contributed by atoms with Crippen molar-refractivity contribution in [1.29, 1.82) is 0 Å². The number of H-pyrrole nitrogens is 1. The van der Waals surface area contributed by atoms with Crippen LogP contribution in [0.25, 0.3) is 28.6 Å². The minimum absolute atomic E-state index is 0.220. The molecule has 27 heavy (non-hydrogen) atoms. The van der Waals surface area contributed by atoms with Crippen LogP contribution in [0.1, 0.15) is 25.3 Å². The first-order chi connectivity index (χ1) is 12.9. The third kappa shape index (κ3) is 3.59. The Kier molecular flexibility index (Phi) is 5.07. The summed E-state index contributed by atoms with van der Waals surface area (Å²) in [6, 6.07) is 7.06. The van der Waals surface area contributed by atoms with Gasteiger partial charge in [-0.15, -0.1) is 0 Å². The van der Waals surface area contributed by atoms with Crippen LogP contribution in [-0.4, -0.2) is 30.2 Å². The first kappa shape index (κ1) is 18.4. The number of carboxylic acids is 1. The second-order valence-electron chi connectivity index (χ2n) is 6.23. The monoisotopic (exact) mass is 368 g/mol. The normalized spacial score (nSPS) is 11.5. The highest BCUT2D eigenvalue weighted by Gasteiger charge is 2.16. The molecular formula is C19H20N4O4. The van der Waals surface area contributed by atoms with Gasteiger partial charge in [-0.3, -0.25) is 13.9 Å². The van der Waals surface area contributed by atoms with E-state index >= 15 is 0 Å². The van der Waals surface area contributed by atoms with Crippen molar-refractivity contribution in [3.63, 3.8) is 0 Å². The molecule has 8 nitrogen and oxygen atoms in total. The Balaban J connectivity index is 2.08. The number of aromatic amines is 1. The van der Waals surface area contributed by atoms with E-state index in [1.54, 1.807) is 28.8 Å². The van der Waals surface area contributed by atoms with Crippen LogP contribution in [0.3, 0.4) is 0 Å². The summed E-state index contributed by atoms with van der Waals surface area (Å²) in [6.07, 6.45) is 4.28. The Hall–Kier alpha value is -3.42. The van der Waals surface area contributed by atoms with Crippen LogP contribution in [-0.2, 0) is 18.4 Å². The molecule has 0 fully saturated rings. The van der Waals surface area contributed by atoms with Crippen molar-refractivity contribution >= 4 is 23.2 Å². The molecule has 0 amide bonds. The number of hydrogen-bond donors (Lipinski definition) is 2. The molecule has 0 radical (unpaired) electrons. The van der Waals surface area contributed by atoms with Gasteiger partial charge in [0, 0.05) is 25.2 Å². The lowest BCUT2D eigenvalue weighted by Gasteiger charge is -2.07. The molecule has 0 aliphatic carbocycles. The lowest BCUT2D eigenvalue weighted by molar-refractivity contribution is -0.131. The molecule has 0 saturated heterocycles. The van der Waals surface area contributed by atoms with Gasteiger partial charge < -0.3 is 10.1 Å². The molecule has 0 unspecified atom stereocenters. The fraction of sp³-hybridized carbons (Fsp3) is 0.263. The Bertz CT molecular complexity index is 1130. The SMILES string of the molecule is CCCCn1c(=O)n(C)c(=O)c2nc(-c3ccc(/C=C/C(=O)O)cc3)[nH]c21. The number of unbranched alkanes of at least 4 members (excludes halogenated alkanes) is 1. The zero-order chi connectivity index (χ0) is 19.6. The van der Waals surface area contributed by atoms with E-state index in [2.05, 4.69) is 9.97 Å². The van der Waals surface area contributed by atoms with E-state index in [-0.39, 0.29) is 11.2 Å². The second-order valence-corrected chi connectivity index (χ2v) is 6.23. The summed E-state index contributed by atoms with van der Waals surface area (Å²) >= 11 is 0. The van der Waals surface area contributed by atoms with Crippen molar-refractivity contribution in [3.8, 4) is 11.4 Å².